The molecule has 1 rings (SSSR count). The van der Waals surface area contributed by atoms with E-state index in [1.807, 2.05) is 0 Å². The van der Waals surface area contributed by atoms with Crippen LogP contribution in [0.15, 0.2) is 12.1 Å². The topological polar surface area (TPSA) is 50.4 Å². The standard InChI is InChI=1S/C13H17Cl2FN2O2/c1-13(2,3)20-12(19)18-5-4-17-8-6-9(14)11(16)10(15)7-8/h6-7,17H,4-5H2,1-3H3,(H,18,19). The van der Waals surface area contributed by atoms with Crippen LogP contribution in [0.25, 0.3) is 0 Å². The second kappa shape index (κ2) is 6.99. The third-order valence-corrected chi connectivity index (χ3v) is 2.66. The van der Waals surface area contributed by atoms with Gasteiger partial charge < -0.3 is 15.4 Å². The van der Waals surface area contributed by atoms with Gasteiger partial charge in [-0.1, -0.05) is 23.2 Å². The first-order chi connectivity index (χ1) is 9.19. The van der Waals surface area contributed by atoms with E-state index in [1.165, 1.54) is 12.1 Å². The number of nitrogens with one attached hydrogen (secondary N) is 2. The molecule has 1 aromatic carbocycles. The minimum absolute atomic E-state index is 0.0555. The average Bonchev–Trinajstić information content (AvgIpc) is 2.29. The lowest BCUT2D eigenvalue weighted by molar-refractivity contribution is 0.0530. The van der Waals surface area contributed by atoms with Crippen LogP contribution in [0.1, 0.15) is 20.8 Å². The molecule has 0 aliphatic carbocycles. The summed E-state index contributed by atoms with van der Waals surface area (Å²) in [5.41, 5.74) is 0.0441. The number of rotatable bonds is 4. The fraction of sp³-hybridized carbons (Fsp3) is 0.462. The molecule has 0 radical (unpaired) electrons. The number of carbonyl (C=O) groups is 1. The Bertz CT molecular complexity index is 467. The van der Waals surface area contributed by atoms with E-state index in [0.29, 0.717) is 18.8 Å². The van der Waals surface area contributed by atoms with Crippen molar-refractivity contribution in [3.8, 4) is 0 Å². The third-order valence-electron chi connectivity index (χ3n) is 2.11. The Morgan fingerprint density at radius 2 is 1.80 bits per heavy atom. The van der Waals surface area contributed by atoms with E-state index in [9.17, 15) is 9.18 Å². The second-order valence-corrected chi connectivity index (χ2v) is 5.92. The highest BCUT2D eigenvalue weighted by molar-refractivity contribution is 6.35. The summed E-state index contributed by atoms with van der Waals surface area (Å²) in [4.78, 5) is 11.4. The molecular formula is C13H17Cl2FN2O2. The van der Waals surface area contributed by atoms with Gasteiger partial charge in [0.2, 0.25) is 0 Å². The molecule has 0 aromatic heterocycles. The molecule has 2 N–H and O–H groups in total. The summed E-state index contributed by atoms with van der Waals surface area (Å²) in [6, 6.07) is 2.85. The maximum absolute atomic E-state index is 13.2. The van der Waals surface area contributed by atoms with Crippen LogP contribution in [0.2, 0.25) is 10.0 Å². The SMILES string of the molecule is CC(C)(C)OC(=O)NCCNc1cc(Cl)c(F)c(Cl)c1. The van der Waals surface area contributed by atoms with E-state index >= 15 is 0 Å². The summed E-state index contributed by atoms with van der Waals surface area (Å²) in [5, 5.41) is 5.44. The highest BCUT2D eigenvalue weighted by atomic mass is 35.5. The zero-order chi connectivity index (χ0) is 15.3. The molecule has 0 spiro atoms. The van der Waals surface area contributed by atoms with E-state index in [0.717, 1.165) is 0 Å². The molecule has 0 saturated heterocycles. The van der Waals surface area contributed by atoms with Crippen LogP contribution in [0.4, 0.5) is 14.9 Å². The predicted molar refractivity (Wildman–Crippen MR) is 79.1 cm³/mol. The maximum atomic E-state index is 13.2. The molecule has 7 heteroatoms. The monoisotopic (exact) mass is 322 g/mol. The van der Waals surface area contributed by atoms with Gasteiger partial charge in [0.15, 0.2) is 5.82 Å². The van der Waals surface area contributed by atoms with Crippen LogP contribution in [-0.2, 0) is 4.74 Å². The summed E-state index contributed by atoms with van der Waals surface area (Å²) >= 11 is 11.3. The lowest BCUT2D eigenvalue weighted by Gasteiger charge is -2.19. The van der Waals surface area contributed by atoms with Crippen LogP contribution < -0.4 is 10.6 Å². The Hall–Kier alpha value is -1.20. The number of carbonyl (C=O) groups excluding carboxylic acids is 1. The van der Waals surface area contributed by atoms with Gasteiger partial charge in [-0.15, -0.1) is 0 Å². The van der Waals surface area contributed by atoms with E-state index in [-0.39, 0.29) is 10.0 Å². The third kappa shape index (κ3) is 5.84. The molecule has 4 nitrogen and oxygen atoms in total. The number of hydrogen-bond donors (Lipinski definition) is 2. The van der Waals surface area contributed by atoms with Gasteiger partial charge >= 0.3 is 6.09 Å². The van der Waals surface area contributed by atoms with E-state index in [4.69, 9.17) is 27.9 Å². The Balaban J connectivity index is 2.37. The molecule has 0 fully saturated rings. The molecule has 0 atom stereocenters. The van der Waals surface area contributed by atoms with Crippen LogP contribution >= 0.6 is 23.2 Å². The van der Waals surface area contributed by atoms with Crippen LogP contribution in [0, 0.1) is 5.82 Å². The van der Waals surface area contributed by atoms with Gasteiger partial charge in [0.25, 0.3) is 0 Å². The highest BCUT2D eigenvalue weighted by Crippen LogP contribution is 2.27. The molecule has 0 bridgehead atoms. The molecule has 1 amide bonds. The van der Waals surface area contributed by atoms with Gasteiger partial charge in [0, 0.05) is 18.8 Å². The van der Waals surface area contributed by atoms with Crippen molar-refractivity contribution in [1.82, 2.24) is 5.32 Å². The first-order valence-electron chi connectivity index (χ1n) is 6.04. The van der Waals surface area contributed by atoms with Crippen LogP contribution in [0.3, 0.4) is 0 Å². The van der Waals surface area contributed by atoms with E-state index in [2.05, 4.69) is 10.6 Å². The number of ether oxygens (including phenoxy) is 1. The summed E-state index contributed by atoms with van der Waals surface area (Å²) < 4.78 is 18.3. The van der Waals surface area contributed by atoms with E-state index < -0.39 is 17.5 Å². The largest absolute Gasteiger partial charge is 0.444 e. The first kappa shape index (κ1) is 16.9. The fourth-order valence-corrected chi connectivity index (χ4v) is 1.83. The minimum atomic E-state index is -0.647. The number of alkyl carbamates (subject to hydrolysis) is 1. The van der Waals surface area contributed by atoms with Crippen molar-refractivity contribution in [2.45, 2.75) is 26.4 Å². The van der Waals surface area contributed by atoms with Crippen molar-refractivity contribution < 1.29 is 13.9 Å². The zero-order valence-electron chi connectivity index (χ0n) is 11.5. The fourth-order valence-electron chi connectivity index (χ4n) is 1.34. The van der Waals surface area contributed by atoms with Crippen molar-refractivity contribution in [2.24, 2.45) is 0 Å². The lowest BCUT2D eigenvalue weighted by Crippen LogP contribution is -2.34. The van der Waals surface area contributed by atoms with Gasteiger partial charge in [-0.05, 0) is 32.9 Å². The molecule has 0 aliphatic rings. The molecule has 0 saturated carbocycles. The first-order valence-corrected chi connectivity index (χ1v) is 6.80. The zero-order valence-corrected chi connectivity index (χ0v) is 13.0. The summed E-state index contributed by atoms with van der Waals surface area (Å²) in [5.74, 6) is -0.647. The van der Waals surface area contributed by atoms with Gasteiger partial charge in [-0.25, -0.2) is 9.18 Å². The number of anilines is 1. The van der Waals surface area contributed by atoms with Crippen LogP contribution in [-0.4, -0.2) is 24.8 Å². The van der Waals surface area contributed by atoms with Crippen molar-refractivity contribution in [1.29, 1.82) is 0 Å². The molecule has 0 unspecified atom stereocenters. The number of amides is 1. The van der Waals surface area contributed by atoms with Crippen molar-refractivity contribution in [3.05, 3.63) is 28.0 Å². The Labute approximate surface area is 127 Å². The maximum Gasteiger partial charge on any atom is 0.407 e. The summed E-state index contributed by atoms with van der Waals surface area (Å²) in [7, 11) is 0. The summed E-state index contributed by atoms with van der Waals surface area (Å²) in [6.07, 6.45) is -0.491. The second-order valence-electron chi connectivity index (χ2n) is 5.11. The highest BCUT2D eigenvalue weighted by Gasteiger charge is 2.15. The van der Waals surface area contributed by atoms with Crippen molar-refractivity contribution in [2.75, 3.05) is 18.4 Å². The normalized spacial score (nSPS) is 11.1. The predicted octanol–water partition coefficient (Wildman–Crippen LogP) is 4.07. The van der Waals surface area contributed by atoms with Crippen molar-refractivity contribution in [3.63, 3.8) is 0 Å². The van der Waals surface area contributed by atoms with Crippen molar-refractivity contribution >= 4 is 35.0 Å². The quantitative estimate of drug-likeness (QED) is 0.649. The number of halogens is 3. The molecule has 112 valence electrons. The smallest absolute Gasteiger partial charge is 0.407 e. The lowest BCUT2D eigenvalue weighted by atomic mass is 10.2. The average molecular weight is 323 g/mol. The Morgan fingerprint density at radius 3 is 2.30 bits per heavy atom. The minimum Gasteiger partial charge on any atom is -0.444 e. The van der Waals surface area contributed by atoms with Crippen LogP contribution in [0.5, 0.6) is 0 Å². The van der Waals surface area contributed by atoms with Gasteiger partial charge in [0.05, 0.1) is 10.0 Å². The van der Waals surface area contributed by atoms with Gasteiger partial charge in [0.1, 0.15) is 5.60 Å². The molecule has 0 heterocycles. The molecular weight excluding hydrogens is 306 g/mol. The Kier molecular flexibility index (Phi) is 5.89. The van der Waals surface area contributed by atoms with Gasteiger partial charge in [-0.3, -0.25) is 0 Å². The molecule has 20 heavy (non-hydrogen) atoms. The summed E-state index contributed by atoms with van der Waals surface area (Å²) in [6.45, 7) is 6.13. The Morgan fingerprint density at radius 1 is 1.25 bits per heavy atom. The molecule has 0 aliphatic heterocycles. The number of benzene rings is 1. The number of hydrogen-bond acceptors (Lipinski definition) is 3. The molecule has 1 aromatic rings. The van der Waals surface area contributed by atoms with E-state index in [1.54, 1.807) is 20.8 Å². The van der Waals surface area contributed by atoms with Gasteiger partial charge in [-0.2, -0.15) is 0 Å².